The SMILES string of the molecule is O=C(Nc1cccnc1)C1CN(CC2CCCCC2)CC12CCOCC2. The van der Waals surface area contributed by atoms with Crippen LogP contribution in [0.25, 0.3) is 0 Å². The fourth-order valence-electron chi connectivity index (χ4n) is 5.26. The van der Waals surface area contributed by atoms with E-state index < -0.39 is 0 Å². The van der Waals surface area contributed by atoms with Crippen molar-refractivity contribution in [3.8, 4) is 0 Å². The van der Waals surface area contributed by atoms with E-state index in [2.05, 4.69) is 15.2 Å². The van der Waals surface area contributed by atoms with E-state index in [9.17, 15) is 4.79 Å². The molecule has 2 aliphatic heterocycles. The number of rotatable bonds is 4. The molecule has 1 atom stereocenters. The zero-order valence-corrected chi connectivity index (χ0v) is 15.7. The van der Waals surface area contributed by atoms with Gasteiger partial charge in [-0.05, 0) is 43.7 Å². The van der Waals surface area contributed by atoms with Crippen LogP contribution in [0.1, 0.15) is 44.9 Å². The summed E-state index contributed by atoms with van der Waals surface area (Å²) < 4.78 is 5.63. The number of nitrogens with zero attached hydrogens (tertiary/aromatic N) is 2. The van der Waals surface area contributed by atoms with Crippen molar-refractivity contribution in [1.82, 2.24) is 9.88 Å². The van der Waals surface area contributed by atoms with Gasteiger partial charge in [0.25, 0.3) is 0 Å². The van der Waals surface area contributed by atoms with Crippen molar-refractivity contribution in [1.29, 1.82) is 0 Å². The molecule has 1 spiro atoms. The van der Waals surface area contributed by atoms with E-state index in [1.54, 1.807) is 12.4 Å². The Balaban J connectivity index is 1.46. The molecule has 2 saturated heterocycles. The van der Waals surface area contributed by atoms with E-state index in [1.807, 2.05) is 12.1 Å². The minimum absolute atomic E-state index is 0.0511. The van der Waals surface area contributed by atoms with E-state index in [4.69, 9.17) is 4.74 Å². The first-order valence-electron chi connectivity index (χ1n) is 10.3. The molecule has 5 heteroatoms. The molecule has 142 valence electrons. The lowest BCUT2D eigenvalue weighted by Gasteiger charge is -2.37. The summed E-state index contributed by atoms with van der Waals surface area (Å²) >= 11 is 0. The molecular weight excluding hydrogens is 326 g/mol. The molecule has 5 nitrogen and oxygen atoms in total. The summed E-state index contributed by atoms with van der Waals surface area (Å²) in [6.45, 7) is 4.68. The van der Waals surface area contributed by atoms with E-state index in [0.29, 0.717) is 0 Å². The van der Waals surface area contributed by atoms with Crippen LogP contribution < -0.4 is 5.32 Å². The van der Waals surface area contributed by atoms with Crippen LogP contribution in [0.3, 0.4) is 0 Å². The zero-order chi connectivity index (χ0) is 17.8. The molecule has 1 aromatic rings. The quantitative estimate of drug-likeness (QED) is 0.898. The highest BCUT2D eigenvalue weighted by Gasteiger charge is 2.50. The van der Waals surface area contributed by atoms with E-state index in [1.165, 1.54) is 38.6 Å². The first-order valence-corrected chi connectivity index (χ1v) is 10.3. The number of anilines is 1. The number of hydrogen-bond acceptors (Lipinski definition) is 4. The number of hydrogen-bond donors (Lipinski definition) is 1. The van der Waals surface area contributed by atoms with Crippen LogP contribution in [-0.4, -0.2) is 48.6 Å². The number of ether oxygens (including phenoxy) is 1. The molecule has 3 heterocycles. The van der Waals surface area contributed by atoms with E-state index in [0.717, 1.165) is 50.8 Å². The molecule has 1 amide bonds. The molecule has 26 heavy (non-hydrogen) atoms. The smallest absolute Gasteiger partial charge is 0.229 e. The van der Waals surface area contributed by atoms with Gasteiger partial charge in [-0.1, -0.05) is 19.3 Å². The van der Waals surface area contributed by atoms with Crippen LogP contribution >= 0.6 is 0 Å². The molecule has 1 aliphatic carbocycles. The molecule has 0 radical (unpaired) electrons. The number of pyridine rings is 1. The lowest BCUT2D eigenvalue weighted by atomic mass is 9.71. The van der Waals surface area contributed by atoms with Crippen molar-refractivity contribution < 1.29 is 9.53 Å². The van der Waals surface area contributed by atoms with Crippen LogP contribution in [0.4, 0.5) is 5.69 Å². The second-order valence-electron chi connectivity index (χ2n) is 8.46. The van der Waals surface area contributed by atoms with Gasteiger partial charge in [-0.3, -0.25) is 9.78 Å². The average Bonchev–Trinajstić information content (AvgIpc) is 3.01. The van der Waals surface area contributed by atoms with Crippen molar-refractivity contribution in [2.24, 2.45) is 17.3 Å². The molecule has 3 aliphatic rings. The second kappa shape index (κ2) is 8.05. The summed E-state index contributed by atoms with van der Waals surface area (Å²) in [4.78, 5) is 19.8. The maximum atomic E-state index is 13.1. The van der Waals surface area contributed by atoms with Crippen molar-refractivity contribution in [2.45, 2.75) is 44.9 Å². The molecular formula is C21H31N3O2. The second-order valence-corrected chi connectivity index (χ2v) is 8.46. The van der Waals surface area contributed by atoms with Crippen LogP contribution in [-0.2, 0) is 9.53 Å². The summed E-state index contributed by atoms with van der Waals surface area (Å²) in [5.41, 5.74) is 0.879. The highest BCUT2D eigenvalue weighted by molar-refractivity contribution is 5.93. The normalized spacial score (nSPS) is 26.8. The average molecular weight is 357 g/mol. The highest BCUT2D eigenvalue weighted by Crippen LogP contribution is 2.45. The Kier molecular flexibility index (Phi) is 5.55. The number of carbonyl (C=O) groups is 1. The third-order valence-electron chi connectivity index (χ3n) is 6.69. The monoisotopic (exact) mass is 357 g/mol. The standard InChI is InChI=1S/C21H31N3O2/c25-20(23-18-7-4-10-22-13-18)19-15-24(14-17-5-2-1-3-6-17)16-21(19)8-11-26-12-9-21/h4,7,10,13,17,19H,1-3,5-6,8-9,11-12,14-16H2,(H,23,25). The van der Waals surface area contributed by atoms with Gasteiger partial charge in [0, 0.05) is 44.5 Å². The third-order valence-corrected chi connectivity index (χ3v) is 6.69. The Morgan fingerprint density at radius 2 is 2.08 bits per heavy atom. The van der Waals surface area contributed by atoms with Crippen LogP contribution in [0.2, 0.25) is 0 Å². The molecule has 1 saturated carbocycles. The minimum atomic E-state index is 0.0511. The fraction of sp³-hybridized carbons (Fsp3) is 0.714. The van der Waals surface area contributed by atoms with Gasteiger partial charge < -0.3 is 15.0 Å². The van der Waals surface area contributed by atoms with Crippen molar-refractivity contribution in [3.05, 3.63) is 24.5 Å². The lowest BCUT2D eigenvalue weighted by molar-refractivity contribution is -0.124. The maximum Gasteiger partial charge on any atom is 0.229 e. The molecule has 1 unspecified atom stereocenters. The van der Waals surface area contributed by atoms with Crippen LogP contribution in [0, 0.1) is 17.3 Å². The topological polar surface area (TPSA) is 54.5 Å². The maximum absolute atomic E-state index is 13.1. The van der Waals surface area contributed by atoms with Gasteiger partial charge in [-0.25, -0.2) is 0 Å². The molecule has 4 rings (SSSR count). The fourth-order valence-corrected chi connectivity index (χ4v) is 5.26. The van der Waals surface area contributed by atoms with Crippen molar-refractivity contribution in [3.63, 3.8) is 0 Å². The number of amides is 1. The van der Waals surface area contributed by atoms with Crippen molar-refractivity contribution >= 4 is 11.6 Å². The van der Waals surface area contributed by atoms with Gasteiger partial charge in [-0.15, -0.1) is 0 Å². The number of nitrogens with one attached hydrogen (secondary N) is 1. The summed E-state index contributed by atoms with van der Waals surface area (Å²) in [6, 6.07) is 3.78. The Morgan fingerprint density at radius 1 is 1.27 bits per heavy atom. The van der Waals surface area contributed by atoms with Gasteiger partial charge in [0.2, 0.25) is 5.91 Å². The number of likely N-dealkylation sites (tertiary alicyclic amines) is 1. The lowest BCUT2D eigenvalue weighted by Crippen LogP contribution is -2.42. The first-order chi connectivity index (χ1) is 12.8. The number of carbonyl (C=O) groups excluding carboxylic acids is 1. The predicted octanol–water partition coefficient (Wildman–Crippen LogP) is 3.33. The van der Waals surface area contributed by atoms with Gasteiger partial charge in [-0.2, -0.15) is 0 Å². The Morgan fingerprint density at radius 3 is 2.81 bits per heavy atom. The Hall–Kier alpha value is -1.46. The Bertz CT molecular complexity index is 595. The largest absolute Gasteiger partial charge is 0.381 e. The van der Waals surface area contributed by atoms with Crippen LogP contribution in [0.15, 0.2) is 24.5 Å². The third kappa shape index (κ3) is 3.94. The molecule has 3 fully saturated rings. The summed E-state index contributed by atoms with van der Waals surface area (Å²) in [6.07, 6.45) is 12.3. The molecule has 0 bridgehead atoms. The predicted molar refractivity (Wildman–Crippen MR) is 102 cm³/mol. The number of aromatic nitrogens is 1. The van der Waals surface area contributed by atoms with Gasteiger partial charge >= 0.3 is 0 Å². The summed E-state index contributed by atoms with van der Waals surface area (Å²) in [5, 5.41) is 3.11. The minimum Gasteiger partial charge on any atom is -0.381 e. The summed E-state index contributed by atoms with van der Waals surface area (Å²) in [7, 11) is 0. The zero-order valence-electron chi connectivity index (χ0n) is 15.7. The first kappa shape index (κ1) is 17.9. The Labute approximate surface area is 156 Å². The van der Waals surface area contributed by atoms with E-state index in [-0.39, 0.29) is 17.2 Å². The molecule has 0 aromatic carbocycles. The summed E-state index contributed by atoms with van der Waals surface area (Å²) in [5.74, 6) is 1.03. The molecule has 1 N–H and O–H groups in total. The van der Waals surface area contributed by atoms with Gasteiger partial charge in [0.05, 0.1) is 17.8 Å². The van der Waals surface area contributed by atoms with Crippen molar-refractivity contribution in [2.75, 3.05) is 38.2 Å². The highest BCUT2D eigenvalue weighted by atomic mass is 16.5. The van der Waals surface area contributed by atoms with Gasteiger partial charge in [0.15, 0.2) is 0 Å². The van der Waals surface area contributed by atoms with E-state index >= 15 is 0 Å². The van der Waals surface area contributed by atoms with Crippen LogP contribution in [0.5, 0.6) is 0 Å². The molecule has 1 aromatic heterocycles. The van der Waals surface area contributed by atoms with Gasteiger partial charge in [0.1, 0.15) is 0 Å².